The second kappa shape index (κ2) is 16.8. The fourth-order valence-corrected chi connectivity index (χ4v) is 15.7. The van der Waals surface area contributed by atoms with Gasteiger partial charge in [-0.3, -0.25) is 0 Å². The summed E-state index contributed by atoms with van der Waals surface area (Å²) in [6.45, 7) is 9.01. The summed E-state index contributed by atoms with van der Waals surface area (Å²) in [5.74, 6) is 0. The minimum Gasteiger partial charge on any atom is -0.134 e. The maximum absolute atomic E-state index is 4.03. The van der Waals surface area contributed by atoms with E-state index < -0.39 is 10.8 Å². The molecule has 0 aliphatic heterocycles. The van der Waals surface area contributed by atoms with E-state index in [1.54, 1.807) is 0 Å². The zero-order chi connectivity index (χ0) is 41.9. The molecule has 0 nitrogen and oxygen atoms in total. The van der Waals surface area contributed by atoms with Gasteiger partial charge < -0.3 is 0 Å². The monoisotopic (exact) mass is 978 g/mol. The summed E-state index contributed by atoms with van der Waals surface area (Å²) >= 11 is 13.7. The molecule has 0 saturated carbocycles. The van der Waals surface area contributed by atoms with Crippen molar-refractivity contribution in [1.82, 2.24) is 0 Å². The van der Waals surface area contributed by atoms with Crippen LogP contribution in [0.4, 0.5) is 0 Å². The number of halogens is 2. The quantitative estimate of drug-likeness (QED) is 0.0953. The Hall–Kier alpha value is -3.58. The molecule has 61 heavy (non-hydrogen) atoms. The third kappa shape index (κ3) is 6.83. The number of fused-ring (bicyclic) bond motifs is 8. The molecule has 0 saturated heterocycles. The number of hydrogen-bond acceptors (Lipinski definition) is 3. The normalized spacial score (nSPS) is 17.5. The van der Waals surface area contributed by atoms with E-state index in [-0.39, 0.29) is 0 Å². The third-order valence-electron chi connectivity index (χ3n) is 13.7. The highest BCUT2D eigenvalue weighted by atomic mass is 79.9. The van der Waals surface area contributed by atoms with Crippen LogP contribution in [0.25, 0.3) is 30.3 Å². The second-order valence-electron chi connectivity index (χ2n) is 17.5. The Balaban J connectivity index is 1.25. The van der Waals surface area contributed by atoms with E-state index >= 15 is 0 Å². The molecule has 10 rings (SSSR count). The Bertz CT molecular complexity index is 2850. The molecule has 0 N–H and O–H groups in total. The Kier molecular flexibility index (Phi) is 11.4. The topological polar surface area (TPSA) is 0 Å². The lowest BCUT2D eigenvalue weighted by atomic mass is 9.65. The molecule has 2 aliphatic carbocycles. The minimum absolute atomic E-state index is 0.469. The predicted molar refractivity (Wildman–Crippen MR) is 273 cm³/mol. The van der Waals surface area contributed by atoms with E-state index in [1.807, 2.05) is 34.0 Å². The average molecular weight is 981 g/mol. The molecular formula is C56H52Br2S3. The van der Waals surface area contributed by atoms with E-state index in [0.717, 1.165) is 12.8 Å². The van der Waals surface area contributed by atoms with Gasteiger partial charge in [-0.05, 0) is 157 Å². The third-order valence-corrected chi connectivity index (χ3v) is 18.3. The Morgan fingerprint density at radius 2 is 0.902 bits per heavy atom. The molecule has 5 heteroatoms. The minimum atomic E-state index is -0.486. The molecule has 2 unspecified atom stereocenters. The summed E-state index contributed by atoms with van der Waals surface area (Å²) < 4.78 is 5.12. The van der Waals surface area contributed by atoms with Gasteiger partial charge in [0.05, 0.1) is 23.1 Å². The van der Waals surface area contributed by atoms with E-state index in [0.29, 0.717) is 0 Å². The van der Waals surface area contributed by atoms with Crippen LogP contribution in [0.1, 0.15) is 132 Å². The molecule has 0 spiro atoms. The number of rotatable bonds is 14. The fraction of sp³-hybridized carbons (Fsp3) is 0.286. The van der Waals surface area contributed by atoms with Crippen molar-refractivity contribution in [3.05, 3.63) is 196 Å². The van der Waals surface area contributed by atoms with Crippen LogP contribution in [-0.2, 0) is 23.7 Å². The zero-order valence-corrected chi connectivity index (χ0v) is 41.2. The first-order valence-corrected chi connectivity index (χ1v) is 26.4. The van der Waals surface area contributed by atoms with Gasteiger partial charge in [-0.15, -0.1) is 34.0 Å². The molecule has 0 bridgehead atoms. The number of unbranched alkanes of at least 4 members (excludes halogenated alkanes) is 6. The second-order valence-corrected chi connectivity index (χ2v) is 23.4. The van der Waals surface area contributed by atoms with Gasteiger partial charge in [-0.2, -0.15) is 0 Å². The lowest BCUT2D eigenvalue weighted by molar-refractivity contribution is 0.666. The average Bonchev–Trinajstić information content (AvgIpc) is 4.05. The molecule has 0 amide bonds. The van der Waals surface area contributed by atoms with Crippen LogP contribution in [0.2, 0.25) is 0 Å². The Morgan fingerprint density at radius 3 is 1.43 bits per heavy atom. The van der Waals surface area contributed by atoms with Gasteiger partial charge >= 0.3 is 0 Å². The molecule has 3 heterocycles. The Morgan fingerprint density at radius 1 is 0.443 bits per heavy atom. The van der Waals surface area contributed by atoms with Crippen molar-refractivity contribution in [2.45, 2.75) is 103 Å². The summed E-state index contributed by atoms with van der Waals surface area (Å²) in [5, 5.41) is 0. The van der Waals surface area contributed by atoms with Crippen molar-refractivity contribution in [2.75, 3.05) is 0 Å². The summed E-state index contributed by atoms with van der Waals surface area (Å²) in [7, 11) is 0. The smallest absolute Gasteiger partial charge is 0.0736 e. The standard InChI is InChI=1S/C56H52Br2S3/c1-5-7-9-11-13-37-19-27-40(28-20-37)55(39-23-15-35(3)16-24-39)45-32-44-46(31-43(45)52-47(55)33-49(57)60-52)56(41-25-17-36(4)18-26-41,51-53(44)59-48-34-50(58)61-54(48)51)42-29-21-38(22-30-42)14-12-10-8-6-2/h15-34H,5-14H2,1-4H3. The first kappa shape index (κ1) is 41.4. The fourth-order valence-electron chi connectivity index (χ4n) is 10.6. The van der Waals surface area contributed by atoms with E-state index in [1.165, 1.54) is 156 Å². The van der Waals surface area contributed by atoms with Gasteiger partial charge in [-0.25, -0.2) is 0 Å². The predicted octanol–water partition coefficient (Wildman–Crippen LogP) is 18.1. The van der Waals surface area contributed by atoms with Crippen molar-refractivity contribution in [2.24, 2.45) is 0 Å². The van der Waals surface area contributed by atoms with Gasteiger partial charge in [0.25, 0.3) is 0 Å². The van der Waals surface area contributed by atoms with Gasteiger partial charge in [0.2, 0.25) is 0 Å². The van der Waals surface area contributed by atoms with Crippen molar-refractivity contribution in [3.63, 3.8) is 0 Å². The van der Waals surface area contributed by atoms with Crippen LogP contribution in [0, 0.1) is 13.8 Å². The largest absolute Gasteiger partial charge is 0.134 e. The van der Waals surface area contributed by atoms with Crippen LogP contribution in [0.15, 0.2) is 129 Å². The van der Waals surface area contributed by atoms with Gasteiger partial charge in [0.15, 0.2) is 0 Å². The van der Waals surface area contributed by atoms with Gasteiger partial charge in [0.1, 0.15) is 0 Å². The number of hydrogen-bond donors (Lipinski definition) is 0. The van der Waals surface area contributed by atoms with Gasteiger partial charge in [-0.1, -0.05) is 161 Å². The van der Waals surface area contributed by atoms with Crippen LogP contribution >= 0.6 is 65.9 Å². The molecule has 2 atom stereocenters. The van der Waals surface area contributed by atoms with Crippen LogP contribution in [0.5, 0.6) is 0 Å². The maximum atomic E-state index is 4.03. The molecule has 3 aromatic heterocycles. The summed E-state index contributed by atoms with van der Waals surface area (Å²) in [6.07, 6.45) is 12.5. The highest BCUT2D eigenvalue weighted by molar-refractivity contribution is 9.11. The van der Waals surface area contributed by atoms with Crippen molar-refractivity contribution in [1.29, 1.82) is 0 Å². The van der Waals surface area contributed by atoms with Crippen molar-refractivity contribution >= 4 is 75.3 Å². The lowest BCUT2D eigenvalue weighted by Crippen LogP contribution is -2.30. The first-order valence-electron chi connectivity index (χ1n) is 22.3. The molecule has 0 fully saturated rings. The van der Waals surface area contributed by atoms with Crippen molar-refractivity contribution < 1.29 is 0 Å². The molecule has 0 radical (unpaired) electrons. The van der Waals surface area contributed by atoms with E-state index in [9.17, 15) is 0 Å². The molecule has 5 aromatic carbocycles. The molecule has 308 valence electrons. The summed E-state index contributed by atoms with van der Waals surface area (Å²) in [4.78, 5) is 2.78. The molecule has 8 aromatic rings. The summed E-state index contributed by atoms with van der Waals surface area (Å²) in [6, 6.07) is 48.5. The zero-order valence-electron chi connectivity index (χ0n) is 35.6. The van der Waals surface area contributed by atoms with E-state index in [4.69, 9.17) is 0 Å². The number of thiophene rings is 3. The Labute approximate surface area is 391 Å². The highest BCUT2D eigenvalue weighted by Crippen LogP contribution is 2.67. The van der Waals surface area contributed by atoms with E-state index in [2.05, 4.69) is 181 Å². The highest BCUT2D eigenvalue weighted by Gasteiger charge is 2.53. The molecular weight excluding hydrogens is 929 g/mol. The number of aryl methyl sites for hydroxylation is 4. The van der Waals surface area contributed by atoms with Crippen LogP contribution in [0.3, 0.4) is 0 Å². The summed E-state index contributed by atoms with van der Waals surface area (Å²) in [5.41, 5.74) is 18.2. The van der Waals surface area contributed by atoms with Crippen molar-refractivity contribution in [3.8, 4) is 20.9 Å². The number of benzene rings is 5. The maximum Gasteiger partial charge on any atom is 0.0736 e. The SMILES string of the molecule is CCCCCCc1ccc(C2(c3ccc(C)cc3)c3cc4c(cc3-c3sc(Br)cc32)C(c2ccc(C)cc2)(c2ccc(CCCCCC)cc2)c2c-4sc3cc(Br)sc23)cc1. The first-order chi connectivity index (χ1) is 29.8. The van der Waals surface area contributed by atoms with Crippen LogP contribution < -0.4 is 0 Å². The lowest BCUT2D eigenvalue weighted by Gasteiger charge is -2.35. The molecule has 2 aliphatic rings. The van der Waals surface area contributed by atoms with Crippen LogP contribution in [-0.4, -0.2) is 0 Å². The van der Waals surface area contributed by atoms with Gasteiger partial charge in [0, 0.05) is 20.0 Å².